The molecule has 1 unspecified atom stereocenters. The minimum absolute atomic E-state index is 0.0818. The molecule has 4 heteroatoms. The van der Waals surface area contributed by atoms with E-state index in [-0.39, 0.29) is 11.9 Å². The highest BCUT2D eigenvalue weighted by Gasteiger charge is 2.14. The average molecular weight is 260 g/mol. The average Bonchev–Trinajstić information content (AvgIpc) is 2.46. The minimum Gasteiger partial charge on any atom is -0.496 e. The molecule has 1 atom stereocenters. The fourth-order valence-electron chi connectivity index (χ4n) is 2.07. The molecule has 0 aliphatic carbocycles. The zero-order chi connectivity index (χ0) is 13.7. The van der Waals surface area contributed by atoms with Crippen LogP contribution < -0.4 is 16.0 Å². The van der Waals surface area contributed by atoms with Gasteiger partial charge in [0.25, 0.3) is 0 Å². The molecule has 0 spiro atoms. The molecular weight excluding hydrogens is 243 g/mol. The van der Waals surface area contributed by atoms with Gasteiger partial charge < -0.3 is 4.74 Å². The Hall–Kier alpha value is -1.91. The molecule has 2 rings (SSSR count). The van der Waals surface area contributed by atoms with Crippen molar-refractivity contribution in [3.05, 3.63) is 65.5 Å². The third kappa shape index (κ3) is 3.30. The number of para-hydroxylation sites is 1. The van der Waals surface area contributed by atoms with Crippen LogP contribution in [0.25, 0.3) is 0 Å². The number of rotatable bonds is 5. The summed E-state index contributed by atoms with van der Waals surface area (Å²) < 4.78 is 18.2. The van der Waals surface area contributed by atoms with Crippen LogP contribution in [-0.4, -0.2) is 7.11 Å². The quantitative estimate of drug-likeness (QED) is 0.641. The third-order valence-corrected chi connectivity index (χ3v) is 3.07. The van der Waals surface area contributed by atoms with Crippen LogP contribution in [0.15, 0.2) is 48.5 Å². The first-order valence-electron chi connectivity index (χ1n) is 6.08. The van der Waals surface area contributed by atoms with Gasteiger partial charge in [-0.3, -0.25) is 11.3 Å². The van der Waals surface area contributed by atoms with Crippen molar-refractivity contribution in [2.75, 3.05) is 7.11 Å². The molecule has 0 aromatic heterocycles. The summed E-state index contributed by atoms with van der Waals surface area (Å²) in [5.74, 6) is 6.17. The Labute approximate surface area is 112 Å². The molecule has 0 aliphatic heterocycles. The van der Waals surface area contributed by atoms with Gasteiger partial charge in [0.2, 0.25) is 0 Å². The lowest BCUT2D eigenvalue weighted by Gasteiger charge is -2.19. The number of hydrogen-bond acceptors (Lipinski definition) is 3. The van der Waals surface area contributed by atoms with Gasteiger partial charge in [-0.25, -0.2) is 4.39 Å². The number of benzene rings is 2. The van der Waals surface area contributed by atoms with Crippen LogP contribution in [0, 0.1) is 5.82 Å². The number of methoxy groups -OCH3 is 1. The number of hydrazine groups is 1. The molecule has 0 fully saturated rings. The lowest BCUT2D eigenvalue weighted by atomic mass is 9.98. The molecule has 0 heterocycles. The Morgan fingerprint density at radius 2 is 1.84 bits per heavy atom. The maximum absolute atomic E-state index is 12.9. The van der Waals surface area contributed by atoms with Gasteiger partial charge in [0, 0.05) is 5.56 Å². The first kappa shape index (κ1) is 13.5. The fraction of sp³-hybridized carbons (Fsp3) is 0.200. The summed E-state index contributed by atoms with van der Waals surface area (Å²) in [5, 5.41) is 0. The maximum atomic E-state index is 12.9. The molecule has 0 saturated carbocycles. The zero-order valence-corrected chi connectivity index (χ0v) is 10.8. The Kier molecular flexibility index (Phi) is 4.49. The second kappa shape index (κ2) is 6.31. The molecule has 0 saturated heterocycles. The highest BCUT2D eigenvalue weighted by atomic mass is 19.1. The van der Waals surface area contributed by atoms with Crippen LogP contribution >= 0.6 is 0 Å². The third-order valence-electron chi connectivity index (χ3n) is 3.07. The van der Waals surface area contributed by atoms with E-state index in [0.29, 0.717) is 6.42 Å². The Morgan fingerprint density at radius 3 is 2.47 bits per heavy atom. The second-order valence-electron chi connectivity index (χ2n) is 4.29. The largest absolute Gasteiger partial charge is 0.496 e. The van der Waals surface area contributed by atoms with Gasteiger partial charge >= 0.3 is 0 Å². The van der Waals surface area contributed by atoms with E-state index in [1.165, 1.54) is 12.1 Å². The minimum atomic E-state index is -0.238. The lowest BCUT2D eigenvalue weighted by Crippen LogP contribution is -2.29. The predicted octanol–water partition coefficient (Wildman–Crippen LogP) is 2.58. The molecule has 2 aromatic carbocycles. The van der Waals surface area contributed by atoms with Crippen LogP contribution in [0.2, 0.25) is 0 Å². The van der Waals surface area contributed by atoms with Gasteiger partial charge in [0.15, 0.2) is 0 Å². The first-order chi connectivity index (χ1) is 9.24. The molecule has 0 bridgehead atoms. The molecule has 100 valence electrons. The monoisotopic (exact) mass is 260 g/mol. The summed E-state index contributed by atoms with van der Waals surface area (Å²) in [5.41, 5.74) is 4.78. The van der Waals surface area contributed by atoms with Crippen LogP contribution in [0.5, 0.6) is 5.75 Å². The van der Waals surface area contributed by atoms with Gasteiger partial charge in [0.1, 0.15) is 11.6 Å². The van der Waals surface area contributed by atoms with E-state index in [0.717, 1.165) is 16.9 Å². The molecule has 3 N–H and O–H groups in total. The molecule has 0 aliphatic rings. The second-order valence-corrected chi connectivity index (χ2v) is 4.29. The summed E-state index contributed by atoms with van der Waals surface area (Å²) in [6, 6.07) is 14.0. The molecular formula is C15H17FN2O. The van der Waals surface area contributed by atoms with Crippen molar-refractivity contribution < 1.29 is 9.13 Å². The Morgan fingerprint density at radius 1 is 1.16 bits per heavy atom. The van der Waals surface area contributed by atoms with E-state index in [1.807, 2.05) is 24.3 Å². The normalized spacial score (nSPS) is 12.2. The van der Waals surface area contributed by atoms with Crippen LogP contribution in [-0.2, 0) is 6.42 Å². The van der Waals surface area contributed by atoms with E-state index in [2.05, 4.69) is 5.43 Å². The number of nitrogens with one attached hydrogen (secondary N) is 1. The zero-order valence-electron chi connectivity index (χ0n) is 10.8. The van der Waals surface area contributed by atoms with Crippen molar-refractivity contribution in [1.29, 1.82) is 0 Å². The highest BCUT2D eigenvalue weighted by molar-refractivity contribution is 5.37. The standard InChI is InChI=1S/C15H17FN2O/c1-19-15-5-3-2-4-13(15)14(18-17)10-11-6-8-12(16)9-7-11/h2-9,14,18H,10,17H2,1H3. The van der Waals surface area contributed by atoms with Crippen molar-refractivity contribution in [2.24, 2.45) is 5.84 Å². The molecule has 0 amide bonds. The maximum Gasteiger partial charge on any atom is 0.123 e. The molecule has 0 radical (unpaired) electrons. The number of ether oxygens (including phenoxy) is 1. The van der Waals surface area contributed by atoms with Crippen molar-refractivity contribution in [2.45, 2.75) is 12.5 Å². The van der Waals surface area contributed by atoms with E-state index in [1.54, 1.807) is 19.2 Å². The van der Waals surface area contributed by atoms with Crippen molar-refractivity contribution in [1.82, 2.24) is 5.43 Å². The van der Waals surface area contributed by atoms with Crippen LogP contribution in [0.3, 0.4) is 0 Å². The first-order valence-corrected chi connectivity index (χ1v) is 6.08. The number of halogens is 1. The van der Waals surface area contributed by atoms with E-state index >= 15 is 0 Å². The van der Waals surface area contributed by atoms with E-state index in [4.69, 9.17) is 10.6 Å². The van der Waals surface area contributed by atoms with Gasteiger partial charge in [0.05, 0.1) is 13.2 Å². The number of nitrogens with two attached hydrogens (primary N) is 1. The summed E-state index contributed by atoms with van der Waals surface area (Å²) in [6.07, 6.45) is 0.664. The van der Waals surface area contributed by atoms with E-state index in [9.17, 15) is 4.39 Å². The van der Waals surface area contributed by atoms with Crippen molar-refractivity contribution >= 4 is 0 Å². The molecule has 2 aromatic rings. The summed E-state index contributed by atoms with van der Waals surface area (Å²) in [6.45, 7) is 0. The Bertz CT molecular complexity index is 528. The molecule has 3 nitrogen and oxygen atoms in total. The molecule has 19 heavy (non-hydrogen) atoms. The highest BCUT2D eigenvalue weighted by Crippen LogP contribution is 2.26. The van der Waals surface area contributed by atoms with E-state index < -0.39 is 0 Å². The fourth-order valence-corrected chi connectivity index (χ4v) is 2.07. The number of hydrogen-bond donors (Lipinski definition) is 2. The van der Waals surface area contributed by atoms with Crippen molar-refractivity contribution in [3.8, 4) is 5.75 Å². The van der Waals surface area contributed by atoms with Gasteiger partial charge in [-0.15, -0.1) is 0 Å². The lowest BCUT2D eigenvalue weighted by molar-refractivity contribution is 0.399. The predicted molar refractivity (Wildman–Crippen MR) is 73.2 cm³/mol. The summed E-state index contributed by atoms with van der Waals surface area (Å²) >= 11 is 0. The van der Waals surface area contributed by atoms with Gasteiger partial charge in [-0.05, 0) is 30.2 Å². The smallest absolute Gasteiger partial charge is 0.123 e. The van der Waals surface area contributed by atoms with Crippen LogP contribution in [0.1, 0.15) is 17.2 Å². The van der Waals surface area contributed by atoms with Crippen LogP contribution in [0.4, 0.5) is 4.39 Å². The SMILES string of the molecule is COc1ccccc1C(Cc1ccc(F)cc1)NN. The van der Waals surface area contributed by atoms with Crippen molar-refractivity contribution in [3.63, 3.8) is 0 Å². The van der Waals surface area contributed by atoms with Gasteiger partial charge in [-0.2, -0.15) is 0 Å². The Balaban J connectivity index is 2.22. The summed E-state index contributed by atoms with van der Waals surface area (Å²) in [7, 11) is 1.63. The summed E-state index contributed by atoms with van der Waals surface area (Å²) in [4.78, 5) is 0. The topological polar surface area (TPSA) is 47.3 Å². The van der Waals surface area contributed by atoms with Gasteiger partial charge in [-0.1, -0.05) is 30.3 Å².